The quantitative estimate of drug-likeness (QED) is 0.478. The molecule has 2 aromatic rings. The summed E-state index contributed by atoms with van der Waals surface area (Å²) >= 11 is 5.86. The number of esters is 1. The molecule has 27 heavy (non-hydrogen) atoms. The highest BCUT2D eigenvalue weighted by Crippen LogP contribution is 2.32. The van der Waals surface area contributed by atoms with Crippen molar-refractivity contribution in [2.75, 3.05) is 11.9 Å². The maximum absolute atomic E-state index is 13.6. The third kappa shape index (κ3) is 4.06. The minimum Gasteiger partial charge on any atom is -0.454 e. The van der Waals surface area contributed by atoms with Crippen molar-refractivity contribution >= 4 is 41.0 Å². The van der Waals surface area contributed by atoms with E-state index in [1.165, 1.54) is 24.3 Å². The number of nitrogens with one attached hydrogen (secondary N) is 1. The fraction of sp³-hybridized carbons (Fsp3) is 0.150. The average Bonchev–Trinajstić information content (AvgIpc) is 2.93. The molecular formula is C20H15ClFNO4. The van der Waals surface area contributed by atoms with Gasteiger partial charge in [-0.1, -0.05) is 17.7 Å². The fourth-order valence-corrected chi connectivity index (χ4v) is 2.91. The van der Waals surface area contributed by atoms with Gasteiger partial charge in [-0.15, -0.1) is 0 Å². The van der Waals surface area contributed by atoms with Crippen molar-refractivity contribution in [1.82, 2.24) is 0 Å². The lowest BCUT2D eigenvalue weighted by Gasteiger charge is -2.06. The molecule has 138 valence electrons. The molecule has 1 aliphatic rings. The molecule has 0 aliphatic carbocycles. The fourth-order valence-electron chi connectivity index (χ4n) is 2.68. The van der Waals surface area contributed by atoms with Crippen molar-refractivity contribution in [3.05, 3.63) is 70.0 Å². The summed E-state index contributed by atoms with van der Waals surface area (Å²) in [5, 5.41) is 2.88. The maximum atomic E-state index is 13.6. The van der Waals surface area contributed by atoms with Crippen LogP contribution in [0.15, 0.2) is 42.5 Å². The number of carbonyl (C=O) groups excluding carboxylic acids is 3. The molecule has 1 heterocycles. The second kappa shape index (κ2) is 7.72. The van der Waals surface area contributed by atoms with Crippen LogP contribution in [0.4, 0.5) is 10.1 Å². The van der Waals surface area contributed by atoms with Crippen LogP contribution in [0.25, 0.3) is 6.08 Å². The van der Waals surface area contributed by atoms with Crippen LogP contribution in [0.1, 0.15) is 34.3 Å². The topological polar surface area (TPSA) is 72.5 Å². The van der Waals surface area contributed by atoms with Crippen molar-refractivity contribution < 1.29 is 23.5 Å². The van der Waals surface area contributed by atoms with Crippen LogP contribution in [-0.2, 0) is 14.3 Å². The monoisotopic (exact) mass is 387 g/mol. The Kier molecular flexibility index (Phi) is 5.37. The number of hydrogen-bond donors (Lipinski definition) is 1. The molecular weight excluding hydrogens is 373 g/mol. The third-order valence-corrected chi connectivity index (χ3v) is 4.55. The van der Waals surface area contributed by atoms with Crippen LogP contribution < -0.4 is 5.32 Å². The standard InChI is InChI=1S/C20H15ClFNO4/c1-11-14-9-12(5-7-17(14)23-20(11)26)18(24)10-27-19(25)8-6-13-15(21)3-2-4-16(13)22/h2-9,11H,10H2,1H3,(H,23,26)/b8-6+/t11-/m1/s1. The largest absolute Gasteiger partial charge is 0.454 e. The number of amides is 1. The van der Waals surface area contributed by atoms with E-state index in [0.717, 1.165) is 11.6 Å². The second-order valence-corrected chi connectivity index (χ2v) is 6.42. The van der Waals surface area contributed by atoms with E-state index in [1.807, 2.05) is 0 Å². The van der Waals surface area contributed by atoms with E-state index in [4.69, 9.17) is 16.3 Å². The van der Waals surface area contributed by atoms with Crippen LogP contribution >= 0.6 is 11.6 Å². The van der Waals surface area contributed by atoms with Gasteiger partial charge in [-0.2, -0.15) is 0 Å². The lowest BCUT2D eigenvalue weighted by molar-refractivity contribution is -0.136. The van der Waals surface area contributed by atoms with Gasteiger partial charge in [0.25, 0.3) is 0 Å². The Balaban J connectivity index is 1.62. The molecule has 7 heteroatoms. The van der Waals surface area contributed by atoms with Gasteiger partial charge in [0.05, 0.1) is 10.9 Å². The lowest BCUT2D eigenvalue weighted by atomic mass is 9.99. The number of ketones is 1. The molecule has 5 nitrogen and oxygen atoms in total. The highest BCUT2D eigenvalue weighted by Gasteiger charge is 2.27. The first-order valence-corrected chi connectivity index (χ1v) is 8.51. The Morgan fingerprint density at radius 2 is 2.07 bits per heavy atom. The van der Waals surface area contributed by atoms with Crippen molar-refractivity contribution in [3.63, 3.8) is 0 Å². The van der Waals surface area contributed by atoms with Gasteiger partial charge in [0.2, 0.25) is 5.91 Å². The highest BCUT2D eigenvalue weighted by atomic mass is 35.5. The van der Waals surface area contributed by atoms with Gasteiger partial charge in [0.15, 0.2) is 12.4 Å². The zero-order valence-corrected chi connectivity index (χ0v) is 15.0. The molecule has 1 amide bonds. The van der Waals surface area contributed by atoms with Gasteiger partial charge >= 0.3 is 5.97 Å². The normalized spacial score (nSPS) is 15.5. The number of halogens is 2. The number of rotatable bonds is 5. The SMILES string of the molecule is C[C@H]1C(=O)Nc2ccc(C(=O)COC(=O)/C=C/c3c(F)cccc3Cl)cc21. The number of benzene rings is 2. The predicted octanol–water partition coefficient (Wildman–Crippen LogP) is 3.97. The summed E-state index contributed by atoms with van der Waals surface area (Å²) < 4.78 is 18.5. The minimum atomic E-state index is -0.797. The summed E-state index contributed by atoms with van der Waals surface area (Å²) in [6.45, 7) is 1.27. The summed E-state index contributed by atoms with van der Waals surface area (Å²) in [7, 11) is 0. The van der Waals surface area contributed by atoms with E-state index in [2.05, 4.69) is 5.32 Å². The molecule has 0 spiro atoms. The Hall–Kier alpha value is -2.99. The number of hydrogen-bond acceptors (Lipinski definition) is 4. The number of ether oxygens (including phenoxy) is 1. The van der Waals surface area contributed by atoms with Gasteiger partial charge in [0, 0.05) is 22.9 Å². The highest BCUT2D eigenvalue weighted by molar-refractivity contribution is 6.32. The van der Waals surface area contributed by atoms with Crippen LogP contribution in [0.5, 0.6) is 0 Å². The number of anilines is 1. The van der Waals surface area contributed by atoms with Gasteiger partial charge in [0.1, 0.15) is 5.82 Å². The van der Waals surface area contributed by atoms with Crippen molar-refractivity contribution in [2.45, 2.75) is 12.8 Å². The molecule has 0 fully saturated rings. The Morgan fingerprint density at radius 1 is 1.30 bits per heavy atom. The summed E-state index contributed by atoms with van der Waals surface area (Å²) in [4.78, 5) is 35.7. The van der Waals surface area contributed by atoms with Crippen LogP contribution in [0.3, 0.4) is 0 Å². The summed E-state index contributed by atoms with van der Waals surface area (Å²) in [5.41, 5.74) is 1.80. The van der Waals surface area contributed by atoms with Crippen molar-refractivity contribution in [2.24, 2.45) is 0 Å². The van der Waals surface area contributed by atoms with E-state index in [0.29, 0.717) is 11.3 Å². The maximum Gasteiger partial charge on any atom is 0.331 e. The first-order valence-electron chi connectivity index (χ1n) is 8.13. The smallest absolute Gasteiger partial charge is 0.331 e. The molecule has 1 aliphatic heterocycles. The molecule has 3 rings (SSSR count). The molecule has 0 bridgehead atoms. The molecule has 0 saturated heterocycles. The zero-order chi connectivity index (χ0) is 19.6. The predicted molar refractivity (Wildman–Crippen MR) is 99.2 cm³/mol. The van der Waals surface area contributed by atoms with E-state index >= 15 is 0 Å². The zero-order valence-electron chi connectivity index (χ0n) is 14.3. The van der Waals surface area contributed by atoms with Crippen LogP contribution in [0.2, 0.25) is 5.02 Å². The molecule has 0 radical (unpaired) electrons. The second-order valence-electron chi connectivity index (χ2n) is 6.01. The van der Waals surface area contributed by atoms with E-state index in [-0.39, 0.29) is 22.4 Å². The van der Waals surface area contributed by atoms with Crippen LogP contribution in [0, 0.1) is 5.82 Å². The molecule has 0 unspecified atom stereocenters. The van der Waals surface area contributed by atoms with Gasteiger partial charge < -0.3 is 10.1 Å². The van der Waals surface area contributed by atoms with Gasteiger partial charge in [-0.05, 0) is 48.9 Å². The summed E-state index contributed by atoms with van der Waals surface area (Å²) in [5.74, 6) is -2.25. The minimum absolute atomic E-state index is 0.0622. The Labute approximate surface area is 159 Å². The Morgan fingerprint density at radius 3 is 2.81 bits per heavy atom. The van der Waals surface area contributed by atoms with E-state index in [1.54, 1.807) is 25.1 Å². The number of fused-ring (bicyclic) bond motifs is 1. The van der Waals surface area contributed by atoms with Crippen molar-refractivity contribution in [1.29, 1.82) is 0 Å². The third-order valence-electron chi connectivity index (χ3n) is 4.22. The summed E-state index contributed by atoms with van der Waals surface area (Å²) in [6, 6.07) is 8.98. The van der Waals surface area contributed by atoms with Gasteiger partial charge in [-0.3, -0.25) is 9.59 Å². The van der Waals surface area contributed by atoms with Crippen molar-refractivity contribution in [3.8, 4) is 0 Å². The van der Waals surface area contributed by atoms with E-state index < -0.39 is 24.2 Å². The molecule has 0 aromatic heterocycles. The Bertz CT molecular complexity index is 950. The van der Waals surface area contributed by atoms with Crippen LogP contribution in [-0.4, -0.2) is 24.3 Å². The molecule has 0 saturated carbocycles. The lowest BCUT2D eigenvalue weighted by Crippen LogP contribution is -2.13. The van der Waals surface area contributed by atoms with Gasteiger partial charge in [-0.25, -0.2) is 9.18 Å². The van der Waals surface area contributed by atoms with E-state index in [9.17, 15) is 18.8 Å². The molecule has 1 atom stereocenters. The molecule has 2 aromatic carbocycles. The molecule has 1 N–H and O–H groups in total. The number of carbonyl (C=O) groups is 3. The average molecular weight is 388 g/mol. The first-order chi connectivity index (χ1) is 12.9. The number of Topliss-reactive ketones (excluding diaryl/α,β-unsaturated/α-hetero) is 1. The first kappa shape index (κ1) is 18.8. The summed E-state index contributed by atoms with van der Waals surface area (Å²) in [6.07, 6.45) is 2.20.